The summed E-state index contributed by atoms with van der Waals surface area (Å²) in [5, 5.41) is 11.7. The molecule has 0 aromatic heterocycles. The standard InChI is InChI=1S/C29H38N2O/c1-22(2)26(21-23-15-9-6-10-16-23)29(32)31(5)28(25-19-13-8-14-20-25)27(30(3)4)24-17-11-7-12-18-24/h6-20,22,26-29,32H,21H2,1-5H3/t26?,27-,28-,29?/m1/s1. The third kappa shape index (κ3) is 5.86. The number of nitrogens with zero attached hydrogens (tertiary/aromatic N) is 2. The van der Waals surface area contributed by atoms with Crippen molar-refractivity contribution in [2.45, 2.75) is 38.6 Å². The van der Waals surface area contributed by atoms with Gasteiger partial charge in [-0.15, -0.1) is 0 Å². The van der Waals surface area contributed by atoms with Gasteiger partial charge in [-0.1, -0.05) is 105 Å². The predicted molar refractivity (Wildman–Crippen MR) is 134 cm³/mol. The molecule has 1 N–H and O–H groups in total. The summed E-state index contributed by atoms with van der Waals surface area (Å²) in [4.78, 5) is 4.44. The second-order valence-corrected chi connectivity index (χ2v) is 9.35. The van der Waals surface area contributed by atoms with Crippen molar-refractivity contribution < 1.29 is 5.11 Å². The fraction of sp³-hybridized carbons (Fsp3) is 0.379. The molecule has 0 bridgehead atoms. The maximum absolute atomic E-state index is 11.7. The smallest absolute Gasteiger partial charge is 0.111 e. The van der Waals surface area contributed by atoms with Gasteiger partial charge in [0.1, 0.15) is 6.23 Å². The molecule has 32 heavy (non-hydrogen) atoms. The van der Waals surface area contributed by atoms with E-state index < -0.39 is 6.23 Å². The van der Waals surface area contributed by atoms with Crippen LogP contribution in [-0.4, -0.2) is 42.3 Å². The summed E-state index contributed by atoms with van der Waals surface area (Å²) in [7, 11) is 6.32. The van der Waals surface area contributed by atoms with Crippen LogP contribution < -0.4 is 0 Å². The van der Waals surface area contributed by atoms with Crippen molar-refractivity contribution in [3.8, 4) is 0 Å². The van der Waals surface area contributed by atoms with Crippen molar-refractivity contribution in [3.63, 3.8) is 0 Å². The van der Waals surface area contributed by atoms with E-state index in [0.717, 1.165) is 6.42 Å². The molecule has 0 aliphatic carbocycles. The molecule has 3 aromatic rings. The normalized spacial score (nSPS) is 15.7. The lowest BCUT2D eigenvalue weighted by Gasteiger charge is -2.43. The molecule has 3 aromatic carbocycles. The molecule has 4 atom stereocenters. The molecule has 0 heterocycles. The lowest BCUT2D eigenvalue weighted by Crippen LogP contribution is -2.46. The van der Waals surface area contributed by atoms with E-state index in [-0.39, 0.29) is 18.0 Å². The third-order valence-electron chi connectivity index (χ3n) is 6.55. The van der Waals surface area contributed by atoms with Crippen molar-refractivity contribution in [2.24, 2.45) is 11.8 Å². The minimum atomic E-state index is -0.577. The highest BCUT2D eigenvalue weighted by Gasteiger charge is 2.36. The third-order valence-corrected chi connectivity index (χ3v) is 6.55. The maximum atomic E-state index is 11.7. The molecule has 0 saturated carbocycles. The van der Waals surface area contributed by atoms with E-state index in [1.165, 1.54) is 16.7 Å². The number of aliphatic hydroxyl groups is 1. The first kappa shape index (κ1) is 24.2. The van der Waals surface area contributed by atoms with Gasteiger partial charge in [-0.25, -0.2) is 0 Å². The average Bonchev–Trinajstić information content (AvgIpc) is 2.81. The molecule has 0 fully saturated rings. The number of rotatable bonds is 10. The minimum Gasteiger partial charge on any atom is -0.378 e. The highest BCUT2D eigenvalue weighted by atomic mass is 16.3. The number of benzene rings is 3. The zero-order valence-electron chi connectivity index (χ0n) is 20.1. The lowest BCUT2D eigenvalue weighted by atomic mass is 9.85. The number of aliphatic hydroxyl groups excluding tert-OH is 1. The van der Waals surface area contributed by atoms with Gasteiger partial charge >= 0.3 is 0 Å². The molecule has 3 nitrogen and oxygen atoms in total. The number of hydrogen-bond donors (Lipinski definition) is 1. The zero-order chi connectivity index (χ0) is 23.1. The summed E-state index contributed by atoms with van der Waals surface area (Å²) in [5.74, 6) is 0.464. The number of likely N-dealkylation sites (N-methyl/N-ethyl adjacent to an activating group) is 2. The first-order chi connectivity index (χ1) is 15.4. The SMILES string of the molecule is CC(C)C(Cc1ccccc1)C(O)N(C)[C@H](c1ccccc1)[C@@H](c1ccccc1)N(C)C. The zero-order valence-corrected chi connectivity index (χ0v) is 20.1. The van der Waals surface area contributed by atoms with Crippen molar-refractivity contribution in [3.05, 3.63) is 108 Å². The molecule has 0 aliphatic heterocycles. The molecule has 170 valence electrons. The van der Waals surface area contributed by atoms with Crippen LogP contribution in [-0.2, 0) is 6.42 Å². The van der Waals surface area contributed by atoms with Gasteiger partial charge in [-0.2, -0.15) is 0 Å². The predicted octanol–water partition coefficient (Wildman–Crippen LogP) is 5.80. The lowest BCUT2D eigenvalue weighted by molar-refractivity contribution is -0.0770. The maximum Gasteiger partial charge on any atom is 0.111 e. The van der Waals surface area contributed by atoms with Gasteiger partial charge in [0.05, 0.1) is 12.1 Å². The Hall–Kier alpha value is -2.46. The Kier molecular flexibility index (Phi) is 8.63. The van der Waals surface area contributed by atoms with E-state index in [1.54, 1.807) is 0 Å². The Morgan fingerprint density at radius 2 is 1.09 bits per heavy atom. The largest absolute Gasteiger partial charge is 0.378 e. The van der Waals surface area contributed by atoms with Crippen LogP contribution in [0.3, 0.4) is 0 Å². The second-order valence-electron chi connectivity index (χ2n) is 9.35. The van der Waals surface area contributed by atoms with Crippen LogP contribution >= 0.6 is 0 Å². The van der Waals surface area contributed by atoms with Gasteiger partial charge in [0, 0.05) is 5.92 Å². The van der Waals surface area contributed by atoms with Gasteiger partial charge in [0.2, 0.25) is 0 Å². The summed E-state index contributed by atoms with van der Waals surface area (Å²) in [6, 6.07) is 31.8. The van der Waals surface area contributed by atoms with Gasteiger partial charge in [0.15, 0.2) is 0 Å². The van der Waals surface area contributed by atoms with E-state index >= 15 is 0 Å². The Morgan fingerprint density at radius 3 is 1.53 bits per heavy atom. The Bertz CT molecular complexity index is 912. The average molecular weight is 431 g/mol. The van der Waals surface area contributed by atoms with Crippen LogP contribution in [0.5, 0.6) is 0 Å². The van der Waals surface area contributed by atoms with Crippen LogP contribution in [0.15, 0.2) is 91.0 Å². The molecular formula is C29H38N2O. The van der Waals surface area contributed by atoms with E-state index in [4.69, 9.17) is 0 Å². The Balaban J connectivity index is 1.99. The summed E-state index contributed by atoms with van der Waals surface area (Å²) in [5.41, 5.74) is 3.72. The molecule has 0 amide bonds. The van der Waals surface area contributed by atoms with Crippen molar-refractivity contribution in [1.82, 2.24) is 9.80 Å². The van der Waals surface area contributed by atoms with Crippen LogP contribution in [0.25, 0.3) is 0 Å². The molecule has 0 spiro atoms. The van der Waals surface area contributed by atoms with Crippen molar-refractivity contribution in [2.75, 3.05) is 21.1 Å². The summed E-state index contributed by atoms with van der Waals surface area (Å²) >= 11 is 0. The van der Waals surface area contributed by atoms with Crippen LogP contribution in [0.1, 0.15) is 42.6 Å². The summed E-state index contributed by atoms with van der Waals surface area (Å²) in [6.45, 7) is 4.42. The summed E-state index contributed by atoms with van der Waals surface area (Å²) in [6.07, 6.45) is 0.273. The molecular weight excluding hydrogens is 392 g/mol. The molecule has 2 unspecified atom stereocenters. The highest BCUT2D eigenvalue weighted by Crippen LogP contribution is 2.39. The monoisotopic (exact) mass is 430 g/mol. The Labute approximate surface area is 194 Å². The van der Waals surface area contributed by atoms with Gasteiger partial charge in [-0.05, 0) is 50.2 Å². The molecule has 0 aliphatic rings. The fourth-order valence-corrected chi connectivity index (χ4v) is 4.74. The minimum absolute atomic E-state index is 0.000577. The second kappa shape index (κ2) is 11.4. The summed E-state index contributed by atoms with van der Waals surface area (Å²) < 4.78 is 0. The molecule has 3 heteroatoms. The van der Waals surface area contributed by atoms with Crippen LogP contribution in [0, 0.1) is 11.8 Å². The first-order valence-corrected chi connectivity index (χ1v) is 11.6. The molecule has 0 saturated heterocycles. The highest BCUT2D eigenvalue weighted by molar-refractivity contribution is 5.28. The van der Waals surface area contributed by atoms with E-state index in [1.807, 2.05) is 6.07 Å². The van der Waals surface area contributed by atoms with E-state index in [2.05, 4.69) is 130 Å². The first-order valence-electron chi connectivity index (χ1n) is 11.6. The van der Waals surface area contributed by atoms with Gasteiger partial charge in [-0.3, -0.25) is 4.90 Å². The van der Waals surface area contributed by atoms with Crippen molar-refractivity contribution in [1.29, 1.82) is 0 Å². The molecule has 3 rings (SSSR count). The van der Waals surface area contributed by atoms with Crippen LogP contribution in [0.4, 0.5) is 0 Å². The fourth-order valence-electron chi connectivity index (χ4n) is 4.74. The van der Waals surface area contributed by atoms with Gasteiger partial charge < -0.3 is 10.0 Å². The van der Waals surface area contributed by atoms with E-state index in [9.17, 15) is 5.11 Å². The Morgan fingerprint density at radius 1 is 0.656 bits per heavy atom. The topological polar surface area (TPSA) is 26.7 Å². The number of hydrogen-bond acceptors (Lipinski definition) is 3. The van der Waals surface area contributed by atoms with E-state index in [0.29, 0.717) is 5.92 Å². The van der Waals surface area contributed by atoms with Gasteiger partial charge in [0.25, 0.3) is 0 Å². The quantitative estimate of drug-likeness (QED) is 0.412. The van der Waals surface area contributed by atoms with Crippen molar-refractivity contribution >= 4 is 0 Å². The van der Waals surface area contributed by atoms with Crippen LogP contribution in [0.2, 0.25) is 0 Å². The molecule has 0 radical (unpaired) electrons.